The molecule has 1 unspecified atom stereocenters. The van der Waals surface area contributed by atoms with Crippen LogP contribution in [0.25, 0.3) is 0 Å². The third kappa shape index (κ3) is 2.61. The number of amides is 1. The van der Waals surface area contributed by atoms with Gasteiger partial charge in [-0.3, -0.25) is 4.79 Å². The number of nitrogens with one attached hydrogen (secondary N) is 1. The largest absolute Gasteiger partial charge is 0.353 e. The fourth-order valence-electron chi connectivity index (χ4n) is 1.28. The summed E-state index contributed by atoms with van der Waals surface area (Å²) in [6.07, 6.45) is 4.80. The summed E-state index contributed by atoms with van der Waals surface area (Å²) in [5.74, 6) is 0.0275. The predicted molar refractivity (Wildman–Crippen MR) is 56.8 cm³/mol. The topological polar surface area (TPSA) is 55.1 Å². The highest BCUT2D eigenvalue weighted by atomic mass is 32.2. The van der Waals surface area contributed by atoms with E-state index < -0.39 is 5.54 Å². The van der Waals surface area contributed by atoms with Crippen LogP contribution in [-0.2, 0) is 4.79 Å². The third-order valence-corrected chi connectivity index (χ3v) is 3.62. The van der Waals surface area contributed by atoms with E-state index in [1.165, 1.54) is 0 Å². The third-order valence-electron chi connectivity index (χ3n) is 2.65. The van der Waals surface area contributed by atoms with Crippen LogP contribution >= 0.6 is 11.8 Å². The van der Waals surface area contributed by atoms with Crippen molar-refractivity contribution in [3.05, 3.63) is 0 Å². The van der Waals surface area contributed by atoms with Gasteiger partial charge in [0.1, 0.15) is 0 Å². The van der Waals surface area contributed by atoms with Gasteiger partial charge in [0, 0.05) is 11.8 Å². The maximum absolute atomic E-state index is 11.5. The molecule has 0 bridgehead atoms. The molecule has 1 atom stereocenters. The molecule has 4 heteroatoms. The molecule has 0 heterocycles. The number of hydrogen-bond acceptors (Lipinski definition) is 3. The van der Waals surface area contributed by atoms with Crippen molar-refractivity contribution in [3.8, 4) is 0 Å². The van der Waals surface area contributed by atoms with Crippen LogP contribution in [0.3, 0.4) is 0 Å². The zero-order valence-electron chi connectivity index (χ0n) is 8.30. The first-order valence-corrected chi connectivity index (χ1v) is 5.97. The van der Waals surface area contributed by atoms with Crippen LogP contribution in [0.2, 0.25) is 0 Å². The molecule has 1 amide bonds. The van der Waals surface area contributed by atoms with Gasteiger partial charge < -0.3 is 11.1 Å². The number of carbonyl (C=O) groups excluding carboxylic acids is 1. The Morgan fingerprint density at radius 2 is 2.31 bits per heavy atom. The number of nitrogens with two attached hydrogens (primary N) is 1. The van der Waals surface area contributed by atoms with Crippen LogP contribution in [0.5, 0.6) is 0 Å². The molecule has 1 aliphatic carbocycles. The van der Waals surface area contributed by atoms with Crippen molar-refractivity contribution in [3.63, 3.8) is 0 Å². The molecule has 3 N–H and O–H groups in total. The van der Waals surface area contributed by atoms with Crippen molar-refractivity contribution in [2.75, 3.05) is 12.8 Å². The Hall–Kier alpha value is -0.220. The predicted octanol–water partition coefficient (Wildman–Crippen LogP) is 0.735. The number of thioether (sulfide) groups is 1. The summed E-state index contributed by atoms with van der Waals surface area (Å²) in [6.45, 7) is 2.81. The van der Waals surface area contributed by atoms with Gasteiger partial charge in [-0.15, -0.1) is 0 Å². The zero-order valence-corrected chi connectivity index (χ0v) is 9.12. The van der Waals surface area contributed by atoms with Crippen LogP contribution in [0, 0.1) is 0 Å². The smallest absolute Gasteiger partial charge is 0.240 e. The molecule has 3 nitrogen and oxygen atoms in total. The Labute approximate surface area is 83.8 Å². The highest BCUT2D eigenvalue weighted by Gasteiger charge is 2.39. The molecule has 1 aliphatic rings. The number of hydrogen-bond donors (Lipinski definition) is 2. The second-order valence-electron chi connectivity index (χ2n) is 3.77. The second kappa shape index (κ2) is 4.33. The minimum atomic E-state index is -0.544. The summed E-state index contributed by atoms with van der Waals surface area (Å²) in [5, 5.41) is 3.36. The van der Waals surface area contributed by atoms with E-state index in [9.17, 15) is 4.79 Å². The van der Waals surface area contributed by atoms with E-state index in [2.05, 4.69) is 12.2 Å². The summed E-state index contributed by atoms with van der Waals surface area (Å²) in [7, 11) is 0. The first-order valence-electron chi connectivity index (χ1n) is 4.68. The molecule has 1 saturated carbocycles. The van der Waals surface area contributed by atoms with Crippen LogP contribution in [0.15, 0.2) is 0 Å². The van der Waals surface area contributed by atoms with Crippen molar-refractivity contribution >= 4 is 17.7 Å². The standard InChI is InChI=1S/C9H18N2OS/c1-7(13-2)6-11-8(12)9(10)4-3-5-9/h7H,3-6,10H2,1-2H3,(H,11,12). The minimum absolute atomic E-state index is 0.0275. The van der Waals surface area contributed by atoms with Crippen molar-refractivity contribution < 1.29 is 4.79 Å². The Morgan fingerprint density at radius 3 is 2.69 bits per heavy atom. The molecule has 13 heavy (non-hydrogen) atoms. The molecule has 0 aromatic carbocycles. The lowest BCUT2D eigenvalue weighted by Crippen LogP contribution is -2.59. The highest BCUT2D eigenvalue weighted by Crippen LogP contribution is 2.28. The molecule has 0 aromatic heterocycles. The average Bonchev–Trinajstić information content (AvgIpc) is 2.09. The van der Waals surface area contributed by atoms with Gasteiger partial charge in [0.2, 0.25) is 5.91 Å². The van der Waals surface area contributed by atoms with Crippen LogP contribution in [0.1, 0.15) is 26.2 Å². The van der Waals surface area contributed by atoms with Crippen LogP contribution in [0.4, 0.5) is 0 Å². The molecule has 1 fully saturated rings. The van der Waals surface area contributed by atoms with E-state index in [1.54, 1.807) is 11.8 Å². The van der Waals surface area contributed by atoms with E-state index in [0.717, 1.165) is 25.8 Å². The lowest BCUT2D eigenvalue weighted by atomic mass is 9.77. The molecule has 0 radical (unpaired) electrons. The van der Waals surface area contributed by atoms with Crippen LogP contribution < -0.4 is 11.1 Å². The molecule has 0 aliphatic heterocycles. The quantitative estimate of drug-likeness (QED) is 0.707. The van der Waals surface area contributed by atoms with Gasteiger partial charge in [0.15, 0.2) is 0 Å². The van der Waals surface area contributed by atoms with Gasteiger partial charge in [-0.25, -0.2) is 0 Å². The lowest BCUT2D eigenvalue weighted by Gasteiger charge is -2.36. The van der Waals surface area contributed by atoms with Gasteiger partial charge in [0.25, 0.3) is 0 Å². The van der Waals surface area contributed by atoms with E-state index in [0.29, 0.717) is 5.25 Å². The summed E-state index contributed by atoms with van der Waals surface area (Å²) in [5.41, 5.74) is 5.31. The summed E-state index contributed by atoms with van der Waals surface area (Å²) < 4.78 is 0. The average molecular weight is 202 g/mol. The van der Waals surface area contributed by atoms with E-state index in [1.807, 2.05) is 6.26 Å². The van der Waals surface area contributed by atoms with Gasteiger partial charge in [-0.2, -0.15) is 11.8 Å². The second-order valence-corrected chi connectivity index (χ2v) is 5.04. The number of carbonyl (C=O) groups is 1. The van der Waals surface area contributed by atoms with Crippen molar-refractivity contribution in [2.24, 2.45) is 5.73 Å². The first-order chi connectivity index (χ1) is 6.08. The zero-order chi connectivity index (χ0) is 9.90. The van der Waals surface area contributed by atoms with Gasteiger partial charge >= 0.3 is 0 Å². The maximum Gasteiger partial charge on any atom is 0.240 e. The van der Waals surface area contributed by atoms with Crippen molar-refractivity contribution in [2.45, 2.75) is 37.0 Å². The van der Waals surface area contributed by atoms with Crippen molar-refractivity contribution in [1.29, 1.82) is 0 Å². The minimum Gasteiger partial charge on any atom is -0.353 e. The molecular formula is C9H18N2OS. The summed E-state index contributed by atoms with van der Waals surface area (Å²) >= 11 is 1.75. The highest BCUT2D eigenvalue weighted by molar-refractivity contribution is 7.99. The van der Waals surface area contributed by atoms with Crippen molar-refractivity contribution in [1.82, 2.24) is 5.32 Å². The fourth-order valence-corrected chi connectivity index (χ4v) is 1.53. The Balaban J connectivity index is 2.25. The monoisotopic (exact) mass is 202 g/mol. The van der Waals surface area contributed by atoms with E-state index in [4.69, 9.17) is 5.73 Å². The van der Waals surface area contributed by atoms with Gasteiger partial charge in [-0.05, 0) is 25.5 Å². The molecule has 76 valence electrons. The summed E-state index contributed by atoms with van der Waals surface area (Å²) in [6, 6.07) is 0. The SMILES string of the molecule is CSC(C)CNC(=O)C1(N)CCC1. The normalized spacial score (nSPS) is 21.8. The first kappa shape index (κ1) is 10.9. The molecule has 0 aromatic rings. The van der Waals surface area contributed by atoms with Crippen LogP contribution in [-0.4, -0.2) is 29.5 Å². The Bertz CT molecular complexity index is 192. The lowest BCUT2D eigenvalue weighted by molar-refractivity contribution is -0.129. The molecular weight excluding hydrogens is 184 g/mol. The molecule has 0 saturated heterocycles. The van der Waals surface area contributed by atoms with Gasteiger partial charge in [-0.1, -0.05) is 6.92 Å². The molecule has 0 spiro atoms. The van der Waals surface area contributed by atoms with E-state index >= 15 is 0 Å². The van der Waals surface area contributed by atoms with Gasteiger partial charge in [0.05, 0.1) is 5.54 Å². The van der Waals surface area contributed by atoms with E-state index in [-0.39, 0.29) is 5.91 Å². The Morgan fingerprint density at radius 1 is 1.69 bits per heavy atom. The summed E-state index contributed by atoms with van der Waals surface area (Å²) in [4.78, 5) is 11.5. The Kier molecular flexibility index (Phi) is 3.62. The maximum atomic E-state index is 11.5. The molecule has 1 rings (SSSR count). The number of rotatable bonds is 4. The fraction of sp³-hybridized carbons (Fsp3) is 0.889.